The molecule has 0 aliphatic rings. The Morgan fingerprint density at radius 2 is 0.909 bits per heavy atom. The molecule has 0 heterocycles. The van der Waals surface area contributed by atoms with Gasteiger partial charge in [-0.25, -0.2) is 0 Å². The van der Waals surface area contributed by atoms with E-state index in [1.54, 1.807) is 0 Å². The molecule has 0 spiro atoms. The van der Waals surface area contributed by atoms with Gasteiger partial charge in [-0.2, -0.15) is 0 Å². The SMILES string of the molecule is CC[N](CC)[Sn]([C]#C[Si](C)(C)C)([N](CC)CC)[N](CC)CC. The van der Waals surface area contributed by atoms with Crippen LogP contribution in [0.3, 0.4) is 0 Å². The Hall–Kier alpha value is 0.456. The van der Waals surface area contributed by atoms with Crippen LogP contribution in [0.2, 0.25) is 19.6 Å². The van der Waals surface area contributed by atoms with Crippen molar-refractivity contribution in [2.24, 2.45) is 0 Å². The van der Waals surface area contributed by atoms with Crippen LogP contribution in [-0.2, 0) is 0 Å². The molecule has 0 saturated carbocycles. The van der Waals surface area contributed by atoms with Crippen molar-refractivity contribution in [3.05, 3.63) is 0 Å². The van der Waals surface area contributed by atoms with Crippen molar-refractivity contribution >= 4 is 27.3 Å². The molecular formula is C17H39N3SiSn. The van der Waals surface area contributed by atoms with Crippen LogP contribution >= 0.6 is 0 Å². The van der Waals surface area contributed by atoms with E-state index in [1.807, 2.05) is 0 Å². The van der Waals surface area contributed by atoms with Crippen molar-refractivity contribution in [2.75, 3.05) is 39.3 Å². The maximum atomic E-state index is 3.98. The van der Waals surface area contributed by atoms with Gasteiger partial charge in [-0.1, -0.05) is 0 Å². The molecule has 0 amide bonds. The van der Waals surface area contributed by atoms with Crippen LogP contribution in [0, 0.1) is 9.48 Å². The predicted octanol–water partition coefficient (Wildman–Crippen LogP) is 3.37. The van der Waals surface area contributed by atoms with E-state index in [-0.39, 0.29) is 0 Å². The van der Waals surface area contributed by atoms with E-state index in [0.29, 0.717) is 0 Å². The molecule has 0 rings (SSSR count). The monoisotopic (exact) mass is 433 g/mol. The second kappa shape index (κ2) is 10.3. The molecule has 5 heteroatoms. The third-order valence-corrected chi connectivity index (χ3v) is 20.1. The average Bonchev–Trinajstić information content (AvgIpc) is 2.47. The van der Waals surface area contributed by atoms with Gasteiger partial charge in [0, 0.05) is 0 Å². The Morgan fingerprint density at radius 3 is 1.09 bits per heavy atom. The number of nitrogens with zero attached hydrogens (tertiary/aromatic N) is 3. The summed E-state index contributed by atoms with van der Waals surface area (Å²) in [6, 6.07) is 0. The third kappa shape index (κ3) is 5.52. The fraction of sp³-hybridized carbons (Fsp3) is 0.882. The molecule has 0 aromatic rings. The second-order valence-electron chi connectivity index (χ2n) is 6.65. The van der Waals surface area contributed by atoms with Gasteiger partial charge in [0.2, 0.25) is 0 Å². The quantitative estimate of drug-likeness (QED) is 0.409. The van der Waals surface area contributed by atoms with E-state index in [9.17, 15) is 0 Å². The molecule has 3 nitrogen and oxygen atoms in total. The van der Waals surface area contributed by atoms with Gasteiger partial charge in [-0.3, -0.25) is 0 Å². The summed E-state index contributed by atoms with van der Waals surface area (Å²) >= 11 is -3.07. The summed E-state index contributed by atoms with van der Waals surface area (Å²) in [5, 5.41) is 0. The van der Waals surface area contributed by atoms with Crippen LogP contribution < -0.4 is 0 Å². The molecule has 0 aliphatic carbocycles. The van der Waals surface area contributed by atoms with Crippen LogP contribution in [0.15, 0.2) is 0 Å². The first-order valence-corrected chi connectivity index (χ1v) is 17.8. The summed E-state index contributed by atoms with van der Waals surface area (Å²) in [6.45, 7) is 27.6. The molecule has 0 radical (unpaired) electrons. The summed E-state index contributed by atoms with van der Waals surface area (Å²) in [5.74, 6) is 0. The van der Waals surface area contributed by atoms with Crippen LogP contribution in [0.4, 0.5) is 0 Å². The zero-order chi connectivity index (χ0) is 17.4. The molecule has 130 valence electrons. The zero-order valence-corrected chi connectivity index (χ0v) is 20.4. The summed E-state index contributed by atoms with van der Waals surface area (Å²) in [4.78, 5) is 0. The molecular weight excluding hydrogens is 393 g/mol. The van der Waals surface area contributed by atoms with Crippen molar-refractivity contribution in [3.63, 3.8) is 0 Å². The van der Waals surface area contributed by atoms with Crippen molar-refractivity contribution in [2.45, 2.75) is 61.2 Å². The van der Waals surface area contributed by atoms with Crippen LogP contribution in [0.25, 0.3) is 0 Å². The van der Waals surface area contributed by atoms with Gasteiger partial charge in [-0.05, 0) is 0 Å². The van der Waals surface area contributed by atoms with Gasteiger partial charge in [0.05, 0.1) is 0 Å². The molecule has 0 N–H and O–H groups in total. The minimum atomic E-state index is -3.07. The van der Waals surface area contributed by atoms with E-state index in [1.165, 1.54) is 0 Å². The minimum absolute atomic E-state index is 1.11. The summed E-state index contributed by atoms with van der Waals surface area (Å²) < 4.78 is 12.2. The Bertz CT molecular complexity index is 327. The van der Waals surface area contributed by atoms with E-state index in [4.69, 9.17) is 0 Å². The van der Waals surface area contributed by atoms with E-state index >= 15 is 0 Å². The van der Waals surface area contributed by atoms with Gasteiger partial charge in [0.15, 0.2) is 0 Å². The fourth-order valence-corrected chi connectivity index (χ4v) is 20.6. The van der Waals surface area contributed by atoms with Gasteiger partial charge < -0.3 is 0 Å². The Balaban J connectivity index is 6.28. The van der Waals surface area contributed by atoms with E-state index in [0.717, 1.165) is 39.3 Å². The molecule has 22 heavy (non-hydrogen) atoms. The van der Waals surface area contributed by atoms with Gasteiger partial charge in [-0.15, -0.1) is 0 Å². The first kappa shape index (κ1) is 22.5. The predicted molar refractivity (Wildman–Crippen MR) is 106 cm³/mol. The molecule has 0 fully saturated rings. The molecule has 0 aromatic heterocycles. The summed E-state index contributed by atoms with van der Waals surface area (Å²) in [5.41, 5.74) is 3.77. The molecule has 0 bridgehead atoms. The van der Waals surface area contributed by atoms with Crippen molar-refractivity contribution in [3.8, 4) is 9.48 Å². The number of hydrogen-bond donors (Lipinski definition) is 0. The van der Waals surface area contributed by atoms with Crippen molar-refractivity contribution in [1.82, 2.24) is 9.36 Å². The molecule has 0 aromatic carbocycles. The molecule has 0 saturated heterocycles. The number of rotatable bonds is 9. The fourth-order valence-electron chi connectivity index (χ4n) is 3.10. The van der Waals surface area contributed by atoms with Gasteiger partial charge in [0.1, 0.15) is 0 Å². The van der Waals surface area contributed by atoms with Crippen LogP contribution in [0.1, 0.15) is 41.5 Å². The standard InChI is InChI=1S/C5H9Si.3C4H10N.Sn/c1-5-6(2,3)4;3*1-3-5-4-2;/h2-4H3;3*3-4H2,1-2H3;/q;3*-1;+3. The van der Waals surface area contributed by atoms with Gasteiger partial charge >= 0.3 is 147 Å². The second-order valence-corrected chi connectivity index (χ2v) is 21.2. The molecule has 0 aliphatic heterocycles. The van der Waals surface area contributed by atoms with Crippen molar-refractivity contribution < 1.29 is 0 Å². The van der Waals surface area contributed by atoms with Gasteiger partial charge in [0.25, 0.3) is 0 Å². The molecule has 0 atom stereocenters. The zero-order valence-electron chi connectivity index (χ0n) is 16.6. The first-order valence-electron chi connectivity index (χ1n) is 9.06. The van der Waals surface area contributed by atoms with E-state index < -0.39 is 27.3 Å². The normalized spacial score (nSPS) is 12.9. The Morgan fingerprint density at radius 1 is 0.636 bits per heavy atom. The van der Waals surface area contributed by atoms with Crippen LogP contribution in [-0.4, -0.2) is 75.9 Å². The first-order chi connectivity index (χ1) is 10.3. The summed E-state index contributed by atoms with van der Waals surface area (Å²) in [7, 11) is -1.37. The number of hydrogen-bond acceptors (Lipinski definition) is 3. The molecule has 0 unspecified atom stereocenters. The van der Waals surface area contributed by atoms with E-state index in [2.05, 4.69) is 80.0 Å². The van der Waals surface area contributed by atoms with Crippen LogP contribution in [0.5, 0.6) is 0 Å². The Labute approximate surface area is 146 Å². The van der Waals surface area contributed by atoms with Crippen molar-refractivity contribution in [1.29, 1.82) is 0 Å². The topological polar surface area (TPSA) is 9.72 Å². The average molecular weight is 432 g/mol. The Kier molecular flexibility index (Phi) is 10.6. The third-order valence-electron chi connectivity index (χ3n) is 4.22. The summed E-state index contributed by atoms with van der Waals surface area (Å²) in [6.07, 6.45) is 0. The maximum absolute atomic E-state index is 3.98.